The van der Waals surface area contributed by atoms with Gasteiger partial charge >= 0.3 is 0 Å². The van der Waals surface area contributed by atoms with Crippen molar-refractivity contribution in [2.75, 3.05) is 13.7 Å². The predicted octanol–water partition coefficient (Wildman–Crippen LogP) is 3.46. The van der Waals surface area contributed by atoms with Crippen LogP contribution in [0.2, 0.25) is 0 Å². The zero-order valence-electron chi connectivity index (χ0n) is 13.4. The van der Waals surface area contributed by atoms with Gasteiger partial charge in [-0.3, -0.25) is 9.20 Å². The third-order valence-corrected chi connectivity index (χ3v) is 4.46. The summed E-state index contributed by atoms with van der Waals surface area (Å²) in [5.74, 6) is 1.11. The fourth-order valence-electron chi connectivity index (χ4n) is 2.20. The number of nitrogens with zero attached hydrogens (tertiary/aromatic N) is 2. The van der Waals surface area contributed by atoms with E-state index in [1.54, 1.807) is 24.6 Å². The van der Waals surface area contributed by atoms with Crippen molar-refractivity contribution >= 4 is 22.2 Å². The van der Waals surface area contributed by atoms with Crippen LogP contribution in [-0.4, -0.2) is 28.9 Å². The van der Waals surface area contributed by atoms with Gasteiger partial charge in [0.25, 0.3) is 5.91 Å². The van der Waals surface area contributed by atoms with E-state index in [9.17, 15) is 4.79 Å². The Labute approximate surface area is 138 Å². The summed E-state index contributed by atoms with van der Waals surface area (Å²) in [6.07, 6.45) is 3.76. The van der Waals surface area contributed by atoms with Gasteiger partial charge in [0, 0.05) is 18.9 Å². The van der Waals surface area contributed by atoms with E-state index in [2.05, 4.69) is 24.1 Å². The van der Waals surface area contributed by atoms with E-state index in [1.165, 1.54) is 0 Å². The van der Waals surface area contributed by atoms with Gasteiger partial charge in [0.05, 0.1) is 12.0 Å². The molecule has 2 aromatic heterocycles. The van der Waals surface area contributed by atoms with Gasteiger partial charge in [-0.1, -0.05) is 37.3 Å². The summed E-state index contributed by atoms with van der Waals surface area (Å²) in [6.45, 7) is 4.78. The van der Waals surface area contributed by atoms with Crippen LogP contribution in [0.25, 0.3) is 15.4 Å². The number of thiazole rings is 1. The maximum Gasteiger partial charge on any atom is 0.271 e. The predicted molar refractivity (Wildman–Crippen MR) is 92.2 cm³/mol. The van der Waals surface area contributed by atoms with Crippen molar-refractivity contribution in [3.8, 4) is 16.2 Å². The van der Waals surface area contributed by atoms with Crippen LogP contribution in [0.15, 0.2) is 36.7 Å². The largest absolute Gasteiger partial charge is 0.497 e. The lowest BCUT2D eigenvalue weighted by Gasteiger charge is -2.05. The molecular weight excluding hydrogens is 310 g/mol. The van der Waals surface area contributed by atoms with E-state index in [0.29, 0.717) is 18.2 Å². The summed E-state index contributed by atoms with van der Waals surface area (Å²) in [5, 5.41) is 2.88. The van der Waals surface area contributed by atoms with E-state index in [-0.39, 0.29) is 5.91 Å². The number of rotatable bonds is 5. The SMILES string of the molecule is COc1cccc(-c2cn3cc(C(=O)NCC(C)C)nc3s2)c1. The van der Waals surface area contributed by atoms with E-state index < -0.39 is 0 Å². The van der Waals surface area contributed by atoms with Crippen molar-refractivity contribution in [1.29, 1.82) is 0 Å². The van der Waals surface area contributed by atoms with Crippen molar-refractivity contribution in [3.63, 3.8) is 0 Å². The maximum absolute atomic E-state index is 12.1. The molecule has 0 fully saturated rings. The molecule has 3 rings (SSSR count). The van der Waals surface area contributed by atoms with Crippen LogP contribution in [0.3, 0.4) is 0 Å². The van der Waals surface area contributed by atoms with Gasteiger partial charge in [-0.25, -0.2) is 4.98 Å². The Hall–Kier alpha value is -2.34. The second kappa shape index (κ2) is 6.42. The first-order chi connectivity index (χ1) is 11.1. The van der Waals surface area contributed by atoms with Gasteiger partial charge in [-0.05, 0) is 23.6 Å². The molecule has 0 spiro atoms. The molecule has 1 N–H and O–H groups in total. The minimum atomic E-state index is -0.127. The zero-order chi connectivity index (χ0) is 16.4. The van der Waals surface area contributed by atoms with E-state index in [4.69, 9.17) is 4.74 Å². The fraction of sp³-hybridized carbons (Fsp3) is 0.294. The summed E-state index contributed by atoms with van der Waals surface area (Å²) in [4.78, 5) is 18.4. The molecule has 0 aliphatic carbocycles. The molecule has 0 saturated heterocycles. The van der Waals surface area contributed by atoms with Crippen LogP contribution >= 0.6 is 11.3 Å². The minimum absolute atomic E-state index is 0.127. The Morgan fingerprint density at radius 1 is 1.39 bits per heavy atom. The van der Waals surface area contributed by atoms with Gasteiger partial charge in [-0.15, -0.1) is 0 Å². The van der Waals surface area contributed by atoms with Crippen molar-refractivity contribution in [2.45, 2.75) is 13.8 Å². The second-order valence-electron chi connectivity index (χ2n) is 5.75. The first-order valence-corrected chi connectivity index (χ1v) is 8.29. The number of amides is 1. The second-order valence-corrected chi connectivity index (χ2v) is 6.76. The van der Waals surface area contributed by atoms with Crippen LogP contribution in [0.5, 0.6) is 5.75 Å². The molecule has 0 atom stereocenters. The Balaban J connectivity index is 1.84. The molecule has 0 bridgehead atoms. The van der Waals surface area contributed by atoms with Crippen molar-refractivity contribution in [3.05, 3.63) is 42.4 Å². The average molecular weight is 329 g/mol. The van der Waals surface area contributed by atoms with Gasteiger partial charge in [0.1, 0.15) is 11.4 Å². The van der Waals surface area contributed by atoms with Crippen molar-refractivity contribution in [2.24, 2.45) is 5.92 Å². The highest BCUT2D eigenvalue weighted by atomic mass is 32.1. The fourth-order valence-corrected chi connectivity index (χ4v) is 3.16. The first-order valence-electron chi connectivity index (χ1n) is 7.48. The Bertz CT molecular complexity index is 804. The number of nitrogens with one attached hydrogen (secondary N) is 1. The molecule has 23 heavy (non-hydrogen) atoms. The molecule has 6 heteroatoms. The smallest absolute Gasteiger partial charge is 0.271 e. The van der Waals surface area contributed by atoms with Gasteiger partial charge in [0.2, 0.25) is 0 Å². The van der Waals surface area contributed by atoms with Crippen LogP contribution in [-0.2, 0) is 0 Å². The topological polar surface area (TPSA) is 55.6 Å². The number of imidazole rings is 1. The number of ether oxygens (including phenoxy) is 1. The molecule has 0 aliphatic rings. The molecule has 0 unspecified atom stereocenters. The molecule has 120 valence electrons. The normalized spacial score (nSPS) is 11.1. The van der Waals surface area contributed by atoms with Crippen LogP contribution in [0.4, 0.5) is 0 Å². The first kappa shape index (κ1) is 15.6. The van der Waals surface area contributed by atoms with Gasteiger partial charge in [0.15, 0.2) is 4.96 Å². The summed E-state index contributed by atoms with van der Waals surface area (Å²) >= 11 is 1.55. The highest BCUT2D eigenvalue weighted by Crippen LogP contribution is 2.30. The monoisotopic (exact) mass is 329 g/mol. The lowest BCUT2D eigenvalue weighted by Crippen LogP contribution is -2.27. The lowest BCUT2D eigenvalue weighted by molar-refractivity contribution is 0.0944. The molecule has 0 aliphatic heterocycles. The zero-order valence-corrected chi connectivity index (χ0v) is 14.2. The molecule has 0 radical (unpaired) electrons. The quantitative estimate of drug-likeness (QED) is 0.780. The Morgan fingerprint density at radius 3 is 2.91 bits per heavy atom. The number of aromatic nitrogens is 2. The third kappa shape index (κ3) is 3.37. The van der Waals surface area contributed by atoms with E-state index in [0.717, 1.165) is 21.2 Å². The molecule has 1 aromatic carbocycles. The van der Waals surface area contributed by atoms with Gasteiger partial charge in [-0.2, -0.15) is 0 Å². The molecule has 3 aromatic rings. The number of fused-ring (bicyclic) bond motifs is 1. The highest BCUT2D eigenvalue weighted by Gasteiger charge is 2.13. The number of hydrogen-bond acceptors (Lipinski definition) is 4. The van der Waals surface area contributed by atoms with Crippen LogP contribution in [0.1, 0.15) is 24.3 Å². The molecular formula is C17H19N3O2S. The summed E-state index contributed by atoms with van der Waals surface area (Å²) < 4.78 is 7.15. The van der Waals surface area contributed by atoms with Crippen LogP contribution in [0, 0.1) is 5.92 Å². The number of benzene rings is 1. The average Bonchev–Trinajstić information content (AvgIpc) is 3.11. The van der Waals surface area contributed by atoms with E-state index >= 15 is 0 Å². The summed E-state index contributed by atoms with van der Waals surface area (Å²) in [6, 6.07) is 7.90. The van der Waals surface area contributed by atoms with Gasteiger partial charge < -0.3 is 10.1 Å². The molecule has 1 amide bonds. The van der Waals surface area contributed by atoms with Crippen molar-refractivity contribution in [1.82, 2.24) is 14.7 Å². The Kier molecular flexibility index (Phi) is 4.34. The molecule has 5 nitrogen and oxygen atoms in total. The lowest BCUT2D eigenvalue weighted by atomic mass is 10.2. The number of carbonyl (C=O) groups excluding carboxylic acids is 1. The van der Waals surface area contributed by atoms with E-state index in [1.807, 2.05) is 34.9 Å². The van der Waals surface area contributed by atoms with Crippen molar-refractivity contribution < 1.29 is 9.53 Å². The maximum atomic E-state index is 12.1. The number of hydrogen-bond donors (Lipinski definition) is 1. The summed E-state index contributed by atoms with van der Waals surface area (Å²) in [5.41, 5.74) is 1.53. The standard InChI is InChI=1S/C17H19N3O2S/c1-11(2)8-18-16(21)14-9-20-10-15(23-17(20)19-14)12-5-4-6-13(7-12)22-3/h4-7,9-11H,8H2,1-3H3,(H,18,21). The highest BCUT2D eigenvalue weighted by molar-refractivity contribution is 7.20. The number of methoxy groups -OCH3 is 1. The molecule has 0 saturated carbocycles. The van der Waals surface area contributed by atoms with Crippen LogP contribution < -0.4 is 10.1 Å². The third-order valence-electron chi connectivity index (χ3n) is 3.41. The molecule has 2 heterocycles. The summed E-state index contributed by atoms with van der Waals surface area (Å²) in [7, 11) is 1.66. The number of carbonyl (C=O) groups is 1. The Morgan fingerprint density at radius 2 is 2.22 bits per heavy atom. The minimum Gasteiger partial charge on any atom is -0.497 e.